The van der Waals surface area contributed by atoms with E-state index in [0.29, 0.717) is 19.6 Å². The SMILES string of the molecule is Cc1ccc(C)c(OCCCCC(=O)N2CCCC(C(C)O)C2)c1. The first-order valence-corrected chi connectivity index (χ1v) is 9.13. The molecule has 1 N–H and O–H groups in total. The van der Waals surface area contributed by atoms with Crippen LogP contribution in [0.25, 0.3) is 0 Å². The fraction of sp³-hybridized carbons (Fsp3) is 0.650. The van der Waals surface area contributed by atoms with Crippen LogP contribution in [0.15, 0.2) is 18.2 Å². The van der Waals surface area contributed by atoms with Crippen LogP contribution >= 0.6 is 0 Å². The fourth-order valence-corrected chi connectivity index (χ4v) is 3.21. The van der Waals surface area contributed by atoms with Crippen LogP contribution < -0.4 is 4.74 Å². The van der Waals surface area contributed by atoms with Gasteiger partial charge in [0.05, 0.1) is 12.7 Å². The van der Waals surface area contributed by atoms with E-state index in [1.807, 2.05) is 18.7 Å². The first kappa shape index (κ1) is 18.8. The first-order valence-electron chi connectivity index (χ1n) is 9.13. The highest BCUT2D eigenvalue weighted by atomic mass is 16.5. The second-order valence-electron chi connectivity index (χ2n) is 7.06. The number of nitrogens with zero attached hydrogens (tertiary/aromatic N) is 1. The number of carbonyl (C=O) groups excluding carboxylic acids is 1. The van der Waals surface area contributed by atoms with Gasteiger partial charge >= 0.3 is 0 Å². The molecule has 134 valence electrons. The van der Waals surface area contributed by atoms with Gasteiger partial charge in [-0.2, -0.15) is 0 Å². The molecule has 1 amide bonds. The number of hydrogen-bond donors (Lipinski definition) is 1. The van der Waals surface area contributed by atoms with Crippen LogP contribution in [0.2, 0.25) is 0 Å². The van der Waals surface area contributed by atoms with Crippen molar-refractivity contribution < 1.29 is 14.6 Å². The Bertz CT molecular complexity index is 542. The van der Waals surface area contributed by atoms with Crippen molar-refractivity contribution in [3.8, 4) is 5.75 Å². The Morgan fingerprint density at radius 3 is 2.92 bits per heavy atom. The Hall–Kier alpha value is -1.55. The number of aryl methyl sites for hydroxylation is 2. The molecule has 1 aromatic rings. The number of benzene rings is 1. The molecule has 0 spiro atoms. The lowest BCUT2D eigenvalue weighted by Crippen LogP contribution is -2.42. The zero-order chi connectivity index (χ0) is 17.5. The van der Waals surface area contributed by atoms with E-state index >= 15 is 0 Å². The Morgan fingerprint density at radius 1 is 1.38 bits per heavy atom. The number of aliphatic hydroxyl groups excluding tert-OH is 1. The van der Waals surface area contributed by atoms with Crippen LogP contribution in [0.1, 0.15) is 50.2 Å². The molecular weight excluding hydrogens is 302 g/mol. The largest absolute Gasteiger partial charge is 0.493 e. The van der Waals surface area contributed by atoms with Gasteiger partial charge in [0.25, 0.3) is 0 Å². The molecule has 1 heterocycles. The third-order valence-electron chi connectivity index (χ3n) is 4.88. The van der Waals surface area contributed by atoms with E-state index in [9.17, 15) is 9.90 Å². The van der Waals surface area contributed by atoms with E-state index in [2.05, 4.69) is 25.1 Å². The molecule has 2 atom stereocenters. The monoisotopic (exact) mass is 333 g/mol. The van der Waals surface area contributed by atoms with Gasteiger partial charge in [-0.1, -0.05) is 12.1 Å². The van der Waals surface area contributed by atoms with Crippen LogP contribution in [0.4, 0.5) is 0 Å². The molecule has 0 saturated carbocycles. The summed E-state index contributed by atoms with van der Waals surface area (Å²) in [5.41, 5.74) is 2.35. The molecule has 1 aliphatic heterocycles. The molecule has 0 radical (unpaired) electrons. The van der Waals surface area contributed by atoms with Gasteiger partial charge in [-0.25, -0.2) is 0 Å². The normalized spacial score (nSPS) is 19.2. The van der Waals surface area contributed by atoms with E-state index < -0.39 is 0 Å². The van der Waals surface area contributed by atoms with E-state index in [0.717, 1.165) is 43.5 Å². The molecule has 4 nitrogen and oxygen atoms in total. The topological polar surface area (TPSA) is 49.8 Å². The quantitative estimate of drug-likeness (QED) is 0.777. The summed E-state index contributed by atoms with van der Waals surface area (Å²) < 4.78 is 5.84. The van der Waals surface area contributed by atoms with Crippen molar-refractivity contribution in [1.82, 2.24) is 4.90 Å². The maximum Gasteiger partial charge on any atom is 0.222 e. The lowest BCUT2D eigenvalue weighted by molar-refractivity contribution is -0.133. The lowest BCUT2D eigenvalue weighted by atomic mass is 9.93. The summed E-state index contributed by atoms with van der Waals surface area (Å²) in [4.78, 5) is 14.2. The molecule has 0 aliphatic carbocycles. The van der Waals surface area contributed by atoms with Crippen molar-refractivity contribution >= 4 is 5.91 Å². The molecule has 1 aromatic carbocycles. The lowest BCUT2D eigenvalue weighted by Gasteiger charge is -2.34. The zero-order valence-corrected chi connectivity index (χ0v) is 15.3. The second-order valence-corrected chi connectivity index (χ2v) is 7.06. The Balaban J connectivity index is 1.66. The predicted molar refractivity (Wildman–Crippen MR) is 96.2 cm³/mol. The van der Waals surface area contributed by atoms with Crippen LogP contribution in [-0.2, 0) is 4.79 Å². The van der Waals surface area contributed by atoms with Gasteiger partial charge in [0, 0.05) is 25.4 Å². The number of carbonyl (C=O) groups is 1. The number of piperidine rings is 1. The standard InChI is InChI=1S/C20H31NO3/c1-15-9-10-16(2)19(13-15)24-12-5-4-8-20(23)21-11-6-7-18(14-21)17(3)22/h9-10,13,17-18,22H,4-8,11-12,14H2,1-3H3. The van der Waals surface area contributed by atoms with E-state index in [4.69, 9.17) is 4.74 Å². The Labute approximate surface area is 145 Å². The average Bonchev–Trinajstić information content (AvgIpc) is 2.57. The van der Waals surface area contributed by atoms with Crippen molar-refractivity contribution in [2.24, 2.45) is 5.92 Å². The molecule has 1 saturated heterocycles. The van der Waals surface area contributed by atoms with Crippen molar-refractivity contribution in [3.63, 3.8) is 0 Å². The van der Waals surface area contributed by atoms with Crippen molar-refractivity contribution in [2.45, 2.75) is 59.0 Å². The first-order chi connectivity index (χ1) is 11.5. The number of rotatable bonds is 7. The number of unbranched alkanes of at least 4 members (excludes halogenated alkanes) is 1. The van der Waals surface area contributed by atoms with Crippen LogP contribution in [0.5, 0.6) is 5.75 Å². The minimum Gasteiger partial charge on any atom is -0.493 e. The Kier molecular flexibility index (Phi) is 7.10. The maximum absolute atomic E-state index is 12.3. The minimum absolute atomic E-state index is 0.215. The molecule has 0 bridgehead atoms. The van der Waals surface area contributed by atoms with Crippen molar-refractivity contribution in [3.05, 3.63) is 29.3 Å². The summed E-state index contributed by atoms with van der Waals surface area (Å²) in [6.45, 7) is 8.12. The van der Waals surface area contributed by atoms with Crippen molar-refractivity contribution in [2.75, 3.05) is 19.7 Å². The summed E-state index contributed by atoms with van der Waals surface area (Å²) in [5.74, 6) is 1.39. The van der Waals surface area contributed by atoms with E-state index in [1.54, 1.807) is 0 Å². The third-order valence-corrected chi connectivity index (χ3v) is 4.88. The highest BCUT2D eigenvalue weighted by Gasteiger charge is 2.25. The van der Waals surface area contributed by atoms with E-state index in [-0.39, 0.29) is 17.9 Å². The number of amides is 1. The number of ether oxygens (including phenoxy) is 1. The summed E-state index contributed by atoms with van der Waals surface area (Å²) in [6, 6.07) is 6.22. The minimum atomic E-state index is -0.327. The zero-order valence-electron chi connectivity index (χ0n) is 15.3. The summed E-state index contributed by atoms with van der Waals surface area (Å²) in [6.07, 6.45) is 3.99. The smallest absolute Gasteiger partial charge is 0.222 e. The van der Waals surface area contributed by atoms with E-state index in [1.165, 1.54) is 5.56 Å². The summed E-state index contributed by atoms with van der Waals surface area (Å²) in [5, 5.41) is 9.72. The number of aliphatic hydroxyl groups is 1. The van der Waals surface area contributed by atoms with Gasteiger partial charge in [0.15, 0.2) is 0 Å². The average molecular weight is 333 g/mol. The molecule has 4 heteroatoms. The van der Waals surface area contributed by atoms with Crippen LogP contribution in [0.3, 0.4) is 0 Å². The summed E-state index contributed by atoms with van der Waals surface area (Å²) in [7, 11) is 0. The number of likely N-dealkylation sites (tertiary alicyclic amines) is 1. The van der Waals surface area contributed by atoms with Gasteiger partial charge in [-0.15, -0.1) is 0 Å². The molecule has 1 aliphatic rings. The highest BCUT2D eigenvalue weighted by Crippen LogP contribution is 2.21. The highest BCUT2D eigenvalue weighted by molar-refractivity contribution is 5.76. The Morgan fingerprint density at radius 2 is 2.17 bits per heavy atom. The predicted octanol–water partition coefficient (Wildman–Crippen LogP) is 3.47. The van der Waals surface area contributed by atoms with Gasteiger partial charge in [0.2, 0.25) is 5.91 Å². The molecule has 1 fully saturated rings. The van der Waals surface area contributed by atoms with Gasteiger partial charge in [-0.3, -0.25) is 4.79 Å². The maximum atomic E-state index is 12.3. The van der Waals surface area contributed by atoms with Crippen LogP contribution in [-0.4, -0.2) is 41.7 Å². The second kappa shape index (κ2) is 9.07. The molecule has 2 unspecified atom stereocenters. The van der Waals surface area contributed by atoms with Gasteiger partial charge in [0.1, 0.15) is 5.75 Å². The van der Waals surface area contributed by atoms with Gasteiger partial charge in [-0.05, 0) is 63.6 Å². The van der Waals surface area contributed by atoms with Crippen molar-refractivity contribution in [1.29, 1.82) is 0 Å². The summed E-state index contributed by atoms with van der Waals surface area (Å²) >= 11 is 0. The number of hydrogen-bond acceptors (Lipinski definition) is 3. The molecule has 24 heavy (non-hydrogen) atoms. The van der Waals surface area contributed by atoms with Crippen LogP contribution in [0, 0.1) is 19.8 Å². The molecular formula is C20H31NO3. The fourth-order valence-electron chi connectivity index (χ4n) is 3.21. The third kappa shape index (κ3) is 5.52. The van der Waals surface area contributed by atoms with Gasteiger partial charge < -0.3 is 14.7 Å². The molecule has 2 rings (SSSR count). The molecule has 0 aromatic heterocycles.